The van der Waals surface area contributed by atoms with Gasteiger partial charge in [0.2, 0.25) is 0 Å². The van der Waals surface area contributed by atoms with Crippen molar-refractivity contribution < 1.29 is 16.5 Å². The third kappa shape index (κ3) is 31.3. The van der Waals surface area contributed by atoms with Crippen molar-refractivity contribution in [1.82, 2.24) is 0 Å². The second-order valence-corrected chi connectivity index (χ2v) is 3.61. The molecule has 0 unspecified atom stereocenters. The molecule has 0 nitrogen and oxygen atoms in total. The quantitative estimate of drug-likeness (QED) is 0.297. The van der Waals surface area contributed by atoms with Crippen molar-refractivity contribution in [2.45, 2.75) is 52.4 Å². The van der Waals surface area contributed by atoms with Gasteiger partial charge in [-0.25, -0.2) is 0 Å². The number of allylic oxidation sites excluding steroid dienone is 6. The Hall–Kier alpha value is -0.546. The van der Waals surface area contributed by atoms with Crippen LogP contribution in [0, 0.1) is 0 Å². The van der Waals surface area contributed by atoms with Crippen LogP contribution in [0.25, 0.3) is 0 Å². The molecule has 0 N–H and O–H groups in total. The zero-order valence-corrected chi connectivity index (χ0v) is 12.4. The van der Waals surface area contributed by atoms with Crippen LogP contribution >= 0.6 is 0 Å². The van der Waals surface area contributed by atoms with Crippen molar-refractivity contribution in [3.8, 4) is 0 Å². The third-order valence-corrected chi connectivity index (χ3v) is 1.99. The fraction of sp³-hybridized carbons (Fsp3) is 0.500. The zero-order chi connectivity index (χ0) is 12.5. The van der Waals surface area contributed by atoms with E-state index in [4.69, 9.17) is 0 Å². The van der Waals surface area contributed by atoms with Gasteiger partial charge in [-0.1, -0.05) is 89.1 Å². The molecule has 0 heterocycles. The predicted molar refractivity (Wildman–Crippen MR) is 77.7 cm³/mol. The predicted octanol–water partition coefficient (Wildman–Crippen LogP) is 5.84. The van der Waals surface area contributed by atoms with Crippen LogP contribution in [0.4, 0.5) is 0 Å². The average molecular weight is 279 g/mol. The number of unbranched alkanes of at least 4 members (excludes halogenated alkanes) is 4. The Morgan fingerprint density at radius 1 is 0.765 bits per heavy atom. The molecule has 0 aromatic heterocycles. The van der Waals surface area contributed by atoms with E-state index in [0.717, 1.165) is 0 Å². The van der Waals surface area contributed by atoms with Gasteiger partial charge >= 0.3 is 16.5 Å². The Labute approximate surface area is 119 Å². The molecule has 0 rings (SSSR count). The molecule has 0 aliphatic rings. The maximum Gasteiger partial charge on any atom is 2.00 e. The van der Waals surface area contributed by atoms with E-state index >= 15 is 0 Å². The minimum atomic E-state index is 0. The van der Waals surface area contributed by atoms with Crippen molar-refractivity contribution in [3.05, 3.63) is 49.6 Å². The number of hydrogen-bond acceptors (Lipinski definition) is 0. The third-order valence-electron chi connectivity index (χ3n) is 1.99. The molecular formula is C16H28Ni+2. The molecule has 0 aliphatic carbocycles. The largest absolute Gasteiger partial charge is 2.00 e. The van der Waals surface area contributed by atoms with Gasteiger partial charge in [0, 0.05) is 0 Å². The Kier molecular flexibility index (Phi) is 31.4. The Balaban J connectivity index is -0.000000218. The van der Waals surface area contributed by atoms with Crippen molar-refractivity contribution in [2.24, 2.45) is 0 Å². The van der Waals surface area contributed by atoms with Gasteiger partial charge < -0.3 is 0 Å². The number of rotatable bonds is 8. The molecule has 0 fully saturated rings. The first-order valence-corrected chi connectivity index (χ1v) is 6.38. The monoisotopic (exact) mass is 278 g/mol. The van der Waals surface area contributed by atoms with Crippen LogP contribution in [-0.2, 0) is 16.5 Å². The maximum absolute atomic E-state index is 3.57. The molecule has 100 valence electrons. The molecule has 0 aromatic carbocycles. The van der Waals surface area contributed by atoms with E-state index in [-0.39, 0.29) is 16.5 Å². The van der Waals surface area contributed by atoms with Crippen molar-refractivity contribution >= 4 is 0 Å². The van der Waals surface area contributed by atoms with Gasteiger partial charge in [-0.05, 0) is 12.8 Å². The number of hydrogen-bond donors (Lipinski definition) is 0. The Bertz CT molecular complexity index is 168. The molecule has 0 aromatic rings. The van der Waals surface area contributed by atoms with E-state index in [1.807, 2.05) is 24.3 Å². The first-order valence-electron chi connectivity index (χ1n) is 6.38. The van der Waals surface area contributed by atoms with Crippen LogP contribution in [0.2, 0.25) is 0 Å². The SMILES string of the molecule is C=C/C=C/CCCC.C=C/C=C/CCCC.[Ni+2]. The van der Waals surface area contributed by atoms with Gasteiger partial charge in [0.05, 0.1) is 0 Å². The van der Waals surface area contributed by atoms with Crippen LogP contribution in [0.1, 0.15) is 52.4 Å². The summed E-state index contributed by atoms with van der Waals surface area (Å²) in [7, 11) is 0. The van der Waals surface area contributed by atoms with Crippen LogP contribution in [0.5, 0.6) is 0 Å². The Morgan fingerprint density at radius 2 is 1.12 bits per heavy atom. The zero-order valence-electron chi connectivity index (χ0n) is 11.4. The van der Waals surface area contributed by atoms with Crippen molar-refractivity contribution in [1.29, 1.82) is 0 Å². The summed E-state index contributed by atoms with van der Waals surface area (Å²) >= 11 is 0. The summed E-state index contributed by atoms with van der Waals surface area (Å²) in [6.45, 7) is 11.5. The van der Waals surface area contributed by atoms with E-state index in [9.17, 15) is 0 Å². The average Bonchev–Trinajstić information content (AvgIpc) is 2.31. The molecule has 0 saturated carbocycles. The smallest absolute Gasteiger partial charge is 0.0991 e. The van der Waals surface area contributed by atoms with Gasteiger partial charge in [-0.3, -0.25) is 0 Å². The second kappa shape index (κ2) is 24.6. The molecule has 0 bridgehead atoms. The fourth-order valence-corrected chi connectivity index (χ4v) is 1.03. The second-order valence-electron chi connectivity index (χ2n) is 3.61. The van der Waals surface area contributed by atoms with E-state index in [2.05, 4.69) is 39.2 Å². The summed E-state index contributed by atoms with van der Waals surface area (Å²) in [5.41, 5.74) is 0. The van der Waals surface area contributed by atoms with Gasteiger partial charge in [-0.2, -0.15) is 0 Å². The van der Waals surface area contributed by atoms with Gasteiger partial charge in [0.15, 0.2) is 0 Å². The molecule has 1 heteroatoms. The van der Waals surface area contributed by atoms with Crippen LogP contribution in [0.15, 0.2) is 49.6 Å². The van der Waals surface area contributed by atoms with E-state index in [1.54, 1.807) is 0 Å². The maximum atomic E-state index is 3.57. The van der Waals surface area contributed by atoms with Crippen LogP contribution in [0.3, 0.4) is 0 Å². The van der Waals surface area contributed by atoms with Gasteiger partial charge in [0.1, 0.15) is 0 Å². The van der Waals surface area contributed by atoms with E-state index in [1.165, 1.54) is 38.5 Å². The molecule has 17 heavy (non-hydrogen) atoms. The van der Waals surface area contributed by atoms with Gasteiger partial charge in [-0.15, -0.1) is 0 Å². The molecule has 0 radical (unpaired) electrons. The first kappa shape index (κ1) is 21.7. The van der Waals surface area contributed by atoms with Gasteiger partial charge in [0.25, 0.3) is 0 Å². The molecule has 0 spiro atoms. The summed E-state index contributed by atoms with van der Waals surface area (Å²) in [6.07, 6.45) is 19.5. The fourth-order valence-electron chi connectivity index (χ4n) is 1.03. The summed E-state index contributed by atoms with van der Waals surface area (Å²) in [4.78, 5) is 0. The molecule has 0 saturated heterocycles. The van der Waals surface area contributed by atoms with Crippen molar-refractivity contribution in [2.75, 3.05) is 0 Å². The molecular weight excluding hydrogens is 251 g/mol. The molecule has 0 atom stereocenters. The first-order chi connectivity index (χ1) is 7.83. The van der Waals surface area contributed by atoms with Crippen LogP contribution < -0.4 is 0 Å². The standard InChI is InChI=1S/2C8H14.Ni/c2*1-3-5-7-8-6-4-2;/h2*3,5,7H,1,4,6,8H2,2H3;/q;;+2/b2*7-5+;. The minimum absolute atomic E-state index is 0. The minimum Gasteiger partial charge on any atom is -0.0991 e. The summed E-state index contributed by atoms with van der Waals surface area (Å²) < 4.78 is 0. The summed E-state index contributed by atoms with van der Waals surface area (Å²) in [6, 6.07) is 0. The molecule has 0 aliphatic heterocycles. The molecule has 0 amide bonds. The Morgan fingerprint density at radius 3 is 1.35 bits per heavy atom. The van der Waals surface area contributed by atoms with Crippen LogP contribution in [-0.4, -0.2) is 0 Å². The van der Waals surface area contributed by atoms with E-state index in [0.29, 0.717) is 0 Å². The van der Waals surface area contributed by atoms with E-state index < -0.39 is 0 Å². The van der Waals surface area contributed by atoms with Crippen molar-refractivity contribution in [3.63, 3.8) is 0 Å². The summed E-state index contributed by atoms with van der Waals surface area (Å²) in [5, 5.41) is 0. The topological polar surface area (TPSA) is 0 Å². The summed E-state index contributed by atoms with van der Waals surface area (Å²) in [5.74, 6) is 0. The normalized spacial score (nSPS) is 9.53.